The number of hydrogen-bond donors (Lipinski definition) is 0. The van der Waals surface area contributed by atoms with Crippen LogP contribution in [0.25, 0.3) is 10.8 Å². The van der Waals surface area contributed by atoms with Crippen LogP contribution in [0.1, 0.15) is 49.9 Å². The predicted molar refractivity (Wildman–Crippen MR) is 134 cm³/mol. The van der Waals surface area contributed by atoms with E-state index >= 15 is 0 Å². The molecule has 0 saturated carbocycles. The van der Waals surface area contributed by atoms with Crippen LogP contribution in [0.2, 0.25) is 0 Å². The quantitative estimate of drug-likeness (QED) is 0.452. The van der Waals surface area contributed by atoms with E-state index in [1.807, 2.05) is 62.1 Å². The first-order valence-corrected chi connectivity index (χ1v) is 12.1. The molecule has 2 amide bonds. The smallest absolute Gasteiger partial charge is 0.410 e. The fourth-order valence-corrected chi connectivity index (χ4v) is 4.26. The normalized spacial score (nSPS) is 14.7. The van der Waals surface area contributed by atoms with Crippen molar-refractivity contribution in [3.63, 3.8) is 0 Å². The summed E-state index contributed by atoms with van der Waals surface area (Å²) in [4.78, 5) is 28.6. The third kappa shape index (κ3) is 6.56. The summed E-state index contributed by atoms with van der Waals surface area (Å²) in [5.41, 5.74) is -0.510. The lowest BCUT2D eigenvalue weighted by molar-refractivity contribution is 0.0244. The van der Waals surface area contributed by atoms with Crippen molar-refractivity contribution in [2.24, 2.45) is 5.92 Å². The number of nitrogens with zero attached hydrogens (tertiary/aromatic N) is 2. The largest absolute Gasteiger partial charge is 0.486 e. The molecule has 0 spiro atoms. The molecule has 1 aliphatic heterocycles. The number of carbonyl (C=O) groups excluding carboxylic acids is 2. The Kier molecular flexibility index (Phi) is 7.34. The molecule has 2 aromatic carbocycles. The number of carbonyl (C=O) groups is 2. The molecular weight excluding hydrogens is 444 g/mol. The molecule has 186 valence electrons. The number of ether oxygens (including phenoxy) is 2. The minimum Gasteiger partial charge on any atom is -0.486 e. The minimum atomic E-state index is -0.510. The van der Waals surface area contributed by atoms with E-state index in [-0.39, 0.29) is 18.6 Å². The van der Waals surface area contributed by atoms with Crippen LogP contribution in [0.3, 0.4) is 0 Å². The van der Waals surface area contributed by atoms with Crippen molar-refractivity contribution in [3.8, 4) is 5.75 Å². The Hall–Kier alpha value is -3.48. The van der Waals surface area contributed by atoms with Gasteiger partial charge in [-0.15, -0.1) is 0 Å². The van der Waals surface area contributed by atoms with Crippen LogP contribution in [0.5, 0.6) is 5.75 Å². The highest BCUT2D eigenvalue weighted by Gasteiger charge is 2.28. The number of benzene rings is 2. The molecule has 1 aromatic heterocycles. The molecule has 0 aliphatic carbocycles. The number of likely N-dealkylation sites (tertiary alicyclic amines) is 1. The Labute approximate surface area is 206 Å². The number of hydrogen-bond acceptors (Lipinski definition) is 5. The Morgan fingerprint density at radius 3 is 2.46 bits per heavy atom. The van der Waals surface area contributed by atoms with Gasteiger partial charge in [-0.3, -0.25) is 4.79 Å². The maximum absolute atomic E-state index is 12.9. The molecule has 0 unspecified atom stereocenters. The molecule has 0 N–H and O–H groups in total. The van der Waals surface area contributed by atoms with Crippen molar-refractivity contribution in [2.75, 3.05) is 26.7 Å². The fraction of sp³-hybridized carbons (Fsp3) is 0.429. The second kappa shape index (κ2) is 10.4. The van der Waals surface area contributed by atoms with E-state index in [4.69, 9.17) is 13.9 Å². The van der Waals surface area contributed by atoms with Crippen LogP contribution in [0.15, 0.2) is 59.0 Å². The highest BCUT2D eigenvalue weighted by molar-refractivity contribution is 5.91. The Morgan fingerprint density at radius 1 is 1.03 bits per heavy atom. The molecule has 1 fully saturated rings. The maximum atomic E-state index is 12.9. The van der Waals surface area contributed by atoms with E-state index in [0.29, 0.717) is 37.1 Å². The molecule has 35 heavy (non-hydrogen) atoms. The average Bonchev–Trinajstić information content (AvgIpc) is 3.30. The summed E-state index contributed by atoms with van der Waals surface area (Å²) in [6.45, 7) is 7.72. The van der Waals surface area contributed by atoms with Crippen LogP contribution >= 0.6 is 0 Å². The van der Waals surface area contributed by atoms with E-state index in [2.05, 4.69) is 6.07 Å². The van der Waals surface area contributed by atoms with Gasteiger partial charge in [-0.05, 0) is 74.6 Å². The summed E-state index contributed by atoms with van der Waals surface area (Å²) in [6, 6.07) is 17.6. The number of piperidine rings is 1. The van der Waals surface area contributed by atoms with Crippen LogP contribution in [0, 0.1) is 5.92 Å². The standard InChI is InChI=1S/C28H34N2O5/c1-28(2,3)35-27(32)29(4)18-20-13-15-30(16-14-20)26(31)25-12-11-24(34-25)19-33-23-10-9-21-7-5-6-8-22(21)17-23/h5-12,17,20H,13-16,18-19H2,1-4H3. The monoisotopic (exact) mass is 478 g/mol. The summed E-state index contributed by atoms with van der Waals surface area (Å²) in [7, 11) is 1.76. The first-order valence-electron chi connectivity index (χ1n) is 12.1. The van der Waals surface area contributed by atoms with Gasteiger partial charge in [0.1, 0.15) is 23.7 Å². The first-order chi connectivity index (χ1) is 16.7. The molecule has 7 nitrogen and oxygen atoms in total. The summed E-state index contributed by atoms with van der Waals surface area (Å²) in [5.74, 6) is 1.91. The van der Waals surface area contributed by atoms with Gasteiger partial charge in [0.05, 0.1) is 0 Å². The van der Waals surface area contributed by atoms with Crippen LogP contribution in [-0.2, 0) is 11.3 Å². The van der Waals surface area contributed by atoms with Crippen molar-refractivity contribution >= 4 is 22.8 Å². The Balaban J connectivity index is 1.25. The second-order valence-electron chi connectivity index (χ2n) is 10.2. The van der Waals surface area contributed by atoms with E-state index in [1.165, 1.54) is 0 Å². The molecule has 3 aromatic rings. The van der Waals surface area contributed by atoms with Crippen LogP contribution < -0.4 is 4.74 Å². The zero-order valence-electron chi connectivity index (χ0n) is 21.0. The maximum Gasteiger partial charge on any atom is 0.410 e. The molecule has 7 heteroatoms. The zero-order valence-corrected chi connectivity index (χ0v) is 21.0. The predicted octanol–water partition coefficient (Wildman–Crippen LogP) is 5.73. The third-order valence-corrected chi connectivity index (χ3v) is 6.11. The summed E-state index contributed by atoms with van der Waals surface area (Å²) >= 11 is 0. The fourth-order valence-electron chi connectivity index (χ4n) is 4.26. The van der Waals surface area contributed by atoms with Gasteiger partial charge in [0.15, 0.2) is 5.76 Å². The molecule has 1 aliphatic rings. The van der Waals surface area contributed by atoms with Crippen LogP contribution in [0.4, 0.5) is 4.79 Å². The van der Waals surface area contributed by atoms with Crippen LogP contribution in [-0.4, -0.2) is 54.1 Å². The number of furan rings is 1. The van der Waals surface area contributed by atoms with Crippen molar-refractivity contribution < 1.29 is 23.5 Å². The van der Waals surface area contributed by atoms with Gasteiger partial charge in [0.2, 0.25) is 0 Å². The minimum absolute atomic E-state index is 0.110. The van der Waals surface area contributed by atoms with E-state index in [1.54, 1.807) is 24.1 Å². The highest BCUT2D eigenvalue weighted by Crippen LogP contribution is 2.24. The number of rotatable bonds is 6. The van der Waals surface area contributed by atoms with Gasteiger partial charge in [-0.25, -0.2) is 4.79 Å². The SMILES string of the molecule is CN(CC1CCN(C(=O)c2ccc(COc3ccc4ccccc4c3)o2)CC1)C(=O)OC(C)(C)C. The zero-order chi connectivity index (χ0) is 25.0. The van der Waals surface area contributed by atoms with Gasteiger partial charge >= 0.3 is 6.09 Å². The lowest BCUT2D eigenvalue weighted by Crippen LogP contribution is -2.43. The van der Waals surface area contributed by atoms with E-state index in [9.17, 15) is 9.59 Å². The molecule has 0 atom stereocenters. The van der Waals surface area contributed by atoms with Gasteiger partial charge in [-0.2, -0.15) is 0 Å². The van der Waals surface area contributed by atoms with E-state index in [0.717, 1.165) is 29.4 Å². The molecular formula is C28H34N2O5. The summed E-state index contributed by atoms with van der Waals surface area (Å²) in [5, 5.41) is 2.27. The molecule has 2 heterocycles. The molecule has 0 bridgehead atoms. The van der Waals surface area contributed by atoms with Crippen molar-refractivity contribution in [3.05, 3.63) is 66.1 Å². The second-order valence-corrected chi connectivity index (χ2v) is 10.2. The number of fused-ring (bicyclic) bond motifs is 1. The first kappa shape index (κ1) is 24.6. The molecule has 1 saturated heterocycles. The van der Waals surface area contributed by atoms with Crippen molar-refractivity contribution in [1.82, 2.24) is 9.80 Å². The van der Waals surface area contributed by atoms with Crippen molar-refractivity contribution in [1.29, 1.82) is 0 Å². The van der Waals surface area contributed by atoms with Gasteiger partial charge in [0.25, 0.3) is 5.91 Å². The van der Waals surface area contributed by atoms with Gasteiger partial charge in [-0.1, -0.05) is 30.3 Å². The highest BCUT2D eigenvalue weighted by atomic mass is 16.6. The third-order valence-electron chi connectivity index (χ3n) is 6.11. The average molecular weight is 479 g/mol. The lowest BCUT2D eigenvalue weighted by Gasteiger charge is -2.34. The van der Waals surface area contributed by atoms with Gasteiger partial charge in [0, 0.05) is 26.7 Å². The van der Waals surface area contributed by atoms with E-state index < -0.39 is 5.60 Å². The topological polar surface area (TPSA) is 72.2 Å². The van der Waals surface area contributed by atoms with Gasteiger partial charge < -0.3 is 23.7 Å². The summed E-state index contributed by atoms with van der Waals surface area (Å²) < 4.78 is 17.1. The number of amides is 2. The lowest BCUT2D eigenvalue weighted by atomic mass is 9.96. The Morgan fingerprint density at radius 2 is 1.74 bits per heavy atom. The molecule has 4 rings (SSSR count). The van der Waals surface area contributed by atoms with Crippen molar-refractivity contribution in [2.45, 2.75) is 45.8 Å². The Bertz CT molecular complexity index is 1170. The summed E-state index contributed by atoms with van der Waals surface area (Å²) in [6.07, 6.45) is 1.35. The molecule has 0 radical (unpaired) electrons.